The van der Waals surface area contributed by atoms with Crippen LogP contribution in [0.5, 0.6) is 0 Å². The van der Waals surface area contributed by atoms with E-state index in [-0.39, 0.29) is 5.91 Å². The number of carbonyl (C=O) groups excluding carboxylic acids is 1. The van der Waals surface area contributed by atoms with Crippen LogP contribution in [0.15, 0.2) is 12.7 Å². The van der Waals surface area contributed by atoms with Crippen LogP contribution in [0, 0.1) is 5.92 Å². The number of allylic oxidation sites excluding steroid dienone is 1. The quantitative estimate of drug-likeness (QED) is 0.439. The fourth-order valence-corrected chi connectivity index (χ4v) is 1.60. The van der Waals surface area contributed by atoms with Crippen LogP contribution in [0.2, 0.25) is 0 Å². The number of hydrogen-bond donors (Lipinski definition) is 2. The van der Waals surface area contributed by atoms with Crippen molar-refractivity contribution in [1.29, 1.82) is 0 Å². The number of unbranched alkanes of at least 4 members (excludes halogenated alkanes) is 3. The van der Waals surface area contributed by atoms with E-state index in [1.165, 1.54) is 19.3 Å². The summed E-state index contributed by atoms with van der Waals surface area (Å²) in [6, 6.07) is 0. The maximum Gasteiger partial charge on any atom is 0.223 e. The molecule has 0 saturated heterocycles. The van der Waals surface area contributed by atoms with Gasteiger partial charge >= 0.3 is 0 Å². The SMILES string of the molecule is C=CCCCCCNCCNC(=O)C1CC1. The maximum atomic E-state index is 11.3. The van der Waals surface area contributed by atoms with Crippen LogP contribution in [0.3, 0.4) is 0 Å². The van der Waals surface area contributed by atoms with Crippen molar-refractivity contribution in [3.05, 3.63) is 12.7 Å². The summed E-state index contributed by atoms with van der Waals surface area (Å²) >= 11 is 0. The highest BCUT2D eigenvalue weighted by molar-refractivity contribution is 5.80. The molecule has 3 heteroatoms. The summed E-state index contributed by atoms with van der Waals surface area (Å²) in [5.41, 5.74) is 0. The number of hydrogen-bond acceptors (Lipinski definition) is 2. The van der Waals surface area contributed by atoms with E-state index < -0.39 is 0 Å². The van der Waals surface area contributed by atoms with E-state index in [4.69, 9.17) is 0 Å². The molecule has 2 N–H and O–H groups in total. The molecule has 0 radical (unpaired) electrons. The molecular formula is C13H24N2O. The van der Waals surface area contributed by atoms with Gasteiger partial charge in [0.2, 0.25) is 5.91 Å². The molecule has 1 aliphatic rings. The second-order valence-electron chi connectivity index (χ2n) is 4.45. The second kappa shape index (κ2) is 8.34. The van der Waals surface area contributed by atoms with E-state index in [1.54, 1.807) is 0 Å². The lowest BCUT2D eigenvalue weighted by Crippen LogP contribution is -2.33. The van der Waals surface area contributed by atoms with Gasteiger partial charge in [0.05, 0.1) is 0 Å². The zero-order chi connectivity index (χ0) is 11.6. The molecule has 92 valence electrons. The van der Waals surface area contributed by atoms with Crippen LogP contribution in [0.1, 0.15) is 38.5 Å². The molecule has 0 atom stereocenters. The fraction of sp³-hybridized carbons (Fsp3) is 0.769. The van der Waals surface area contributed by atoms with Gasteiger partial charge in [-0.05, 0) is 38.6 Å². The van der Waals surface area contributed by atoms with E-state index in [1.807, 2.05) is 6.08 Å². The summed E-state index contributed by atoms with van der Waals surface area (Å²) in [6.07, 6.45) is 8.98. The predicted octanol–water partition coefficient (Wildman–Crippen LogP) is 1.85. The lowest BCUT2D eigenvalue weighted by atomic mass is 10.2. The average molecular weight is 224 g/mol. The Balaban J connectivity index is 1.74. The van der Waals surface area contributed by atoms with E-state index in [0.29, 0.717) is 5.92 Å². The lowest BCUT2D eigenvalue weighted by Gasteiger charge is -2.06. The van der Waals surface area contributed by atoms with Gasteiger partial charge in [0.1, 0.15) is 0 Å². The zero-order valence-electron chi connectivity index (χ0n) is 10.1. The van der Waals surface area contributed by atoms with Crippen molar-refractivity contribution in [2.24, 2.45) is 5.92 Å². The van der Waals surface area contributed by atoms with Gasteiger partial charge in [0.15, 0.2) is 0 Å². The first-order valence-electron chi connectivity index (χ1n) is 6.44. The van der Waals surface area contributed by atoms with Crippen LogP contribution in [0.25, 0.3) is 0 Å². The molecule has 0 spiro atoms. The Morgan fingerprint density at radius 2 is 2.00 bits per heavy atom. The highest BCUT2D eigenvalue weighted by Gasteiger charge is 2.28. The molecule has 3 nitrogen and oxygen atoms in total. The Bertz CT molecular complexity index is 212. The Labute approximate surface area is 98.7 Å². The van der Waals surface area contributed by atoms with Crippen molar-refractivity contribution in [2.45, 2.75) is 38.5 Å². The zero-order valence-corrected chi connectivity index (χ0v) is 10.1. The van der Waals surface area contributed by atoms with Crippen molar-refractivity contribution in [3.63, 3.8) is 0 Å². The normalized spacial score (nSPS) is 14.8. The first-order chi connectivity index (χ1) is 7.84. The Morgan fingerprint density at radius 1 is 1.19 bits per heavy atom. The predicted molar refractivity (Wildman–Crippen MR) is 67.3 cm³/mol. The minimum atomic E-state index is 0.243. The highest BCUT2D eigenvalue weighted by Crippen LogP contribution is 2.28. The Morgan fingerprint density at radius 3 is 2.69 bits per heavy atom. The second-order valence-corrected chi connectivity index (χ2v) is 4.45. The van der Waals surface area contributed by atoms with Gasteiger partial charge in [-0.1, -0.05) is 12.5 Å². The minimum Gasteiger partial charge on any atom is -0.355 e. The van der Waals surface area contributed by atoms with Gasteiger partial charge in [-0.3, -0.25) is 4.79 Å². The molecule has 0 aromatic rings. The van der Waals surface area contributed by atoms with Crippen molar-refractivity contribution < 1.29 is 4.79 Å². The monoisotopic (exact) mass is 224 g/mol. The van der Waals surface area contributed by atoms with Gasteiger partial charge in [-0.2, -0.15) is 0 Å². The average Bonchev–Trinajstić information content (AvgIpc) is 3.10. The molecular weight excluding hydrogens is 200 g/mol. The molecule has 0 heterocycles. The summed E-state index contributed by atoms with van der Waals surface area (Å²) in [7, 11) is 0. The summed E-state index contributed by atoms with van der Waals surface area (Å²) in [4.78, 5) is 11.3. The van der Waals surface area contributed by atoms with Gasteiger partial charge in [-0.25, -0.2) is 0 Å². The first-order valence-corrected chi connectivity index (χ1v) is 6.44. The van der Waals surface area contributed by atoms with E-state index >= 15 is 0 Å². The molecule has 0 aromatic carbocycles. The van der Waals surface area contributed by atoms with E-state index in [2.05, 4.69) is 17.2 Å². The Hall–Kier alpha value is -0.830. The van der Waals surface area contributed by atoms with Crippen LogP contribution in [-0.2, 0) is 4.79 Å². The summed E-state index contributed by atoms with van der Waals surface area (Å²) in [5.74, 6) is 0.576. The number of nitrogens with one attached hydrogen (secondary N) is 2. The molecule has 1 fully saturated rings. The van der Waals surface area contributed by atoms with Crippen molar-refractivity contribution >= 4 is 5.91 Å². The van der Waals surface area contributed by atoms with E-state index in [9.17, 15) is 4.79 Å². The van der Waals surface area contributed by atoms with Gasteiger partial charge in [0.25, 0.3) is 0 Å². The van der Waals surface area contributed by atoms with Gasteiger partial charge in [0, 0.05) is 19.0 Å². The van der Waals surface area contributed by atoms with Crippen LogP contribution >= 0.6 is 0 Å². The first kappa shape index (κ1) is 13.2. The van der Waals surface area contributed by atoms with Crippen LogP contribution < -0.4 is 10.6 Å². The molecule has 0 aromatic heterocycles. The molecule has 1 aliphatic carbocycles. The van der Waals surface area contributed by atoms with Crippen LogP contribution in [-0.4, -0.2) is 25.5 Å². The maximum absolute atomic E-state index is 11.3. The van der Waals surface area contributed by atoms with E-state index in [0.717, 1.165) is 38.9 Å². The highest BCUT2D eigenvalue weighted by atomic mass is 16.2. The summed E-state index contributed by atoms with van der Waals surface area (Å²) in [6.45, 7) is 6.41. The third kappa shape index (κ3) is 6.62. The number of rotatable bonds is 10. The molecule has 1 saturated carbocycles. The summed E-state index contributed by atoms with van der Waals surface area (Å²) < 4.78 is 0. The summed E-state index contributed by atoms with van der Waals surface area (Å²) in [5, 5.41) is 6.28. The minimum absolute atomic E-state index is 0.243. The van der Waals surface area contributed by atoms with Gasteiger partial charge in [-0.15, -0.1) is 6.58 Å². The number of amides is 1. The van der Waals surface area contributed by atoms with Crippen molar-refractivity contribution in [3.8, 4) is 0 Å². The van der Waals surface area contributed by atoms with Gasteiger partial charge < -0.3 is 10.6 Å². The van der Waals surface area contributed by atoms with Crippen LogP contribution in [0.4, 0.5) is 0 Å². The molecule has 0 aliphatic heterocycles. The Kier molecular flexibility index (Phi) is 6.90. The molecule has 16 heavy (non-hydrogen) atoms. The lowest BCUT2D eigenvalue weighted by molar-refractivity contribution is -0.122. The molecule has 1 rings (SSSR count). The largest absolute Gasteiger partial charge is 0.355 e. The van der Waals surface area contributed by atoms with Crippen molar-refractivity contribution in [1.82, 2.24) is 10.6 Å². The third-order valence-electron chi connectivity index (χ3n) is 2.81. The molecule has 0 bridgehead atoms. The molecule has 1 amide bonds. The topological polar surface area (TPSA) is 41.1 Å². The molecule has 0 unspecified atom stereocenters. The van der Waals surface area contributed by atoms with Crippen molar-refractivity contribution in [2.75, 3.05) is 19.6 Å². The standard InChI is InChI=1S/C13H24N2O/c1-2-3-4-5-6-9-14-10-11-15-13(16)12-7-8-12/h2,12,14H,1,3-11H2,(H,15,16). The number of carbonyl (C=O) groups is 1. The third-order valence-corrected chi connectivity index (χ3v) is 2.81. The fourth-order valence-electron chi connectivity index (χ4n) is 1.60. The smallest absolute Gasteiger partial charge is 0.223 e.